The lowest BCUT2D eigenvalue weighted by Crippen LogP contribution is -2.69. The zero-order valence-electron chi connectivity index (χ0n) is 14.5. The molecule has 126 valence electrons. The Balaban J connectivity index is 2.25. The monoisotopic (exact) mass is 352 g/mol. The van der Waals surface area contributed by atoms with Crippen LogP contribution >= 0.6 is 23.2 Å². The highest BCUT2D eigenvalue weighted by molar-refractivity contribution is 6.97. The SMILES string of the molecule is C=C(C)/C=C\[B-]1(c2n(C)c(Cl)c(Cl)[n+]2C)C2CCCC1CCC2. The highest BCUT2D eigenvalue weighted by atomic mass is 35.5. The largest absolute Gasteiger partial charge is 0.256 e. The summed E-state index contributed by atoms with van der Waals surface area (Å²) in [6, 6.07) is 0. The molecule has 0 aliphatic carbocycles. The van der Waals surface area contributed by atoms with Crippen LogP contribution < -0.4 is 10.3 Å². The predicted molar refractivity (Wildman–Crippen MR) is 101 cm³/mol. The van der Waals surface area contributed by atoms with Gasteiger partial charge in [0.1, 0.15) is 6.15 Å². The molecule has 1 aromatic rings. The van der Waals surface area contributed by atoms with Crippen molar-refractivity contribution in [3.05, 3.63) is 34.5 Å². The van der Waals surface area contributed by atoms with Crippen LogP contribution in [0.1, 0.15) is 45.4 Å². The van der Waals surface area contributed by atoms with Crippen LogP contribution in [0.25, 0.3) is 0 Å². The van der Waals surface area contributed by atoms with Gasteiger partial charge >= 0.3 is 0 Å². The van der Waals surface area contributed by atoms with Gasteiger partial charge in [0.05, 0.1) is 19.8 Å². The van der Waals surface area contributed by atoms with Gasteiger partial charge in [-0.3, -0.25) is 9.13 Å². The van der Waals surface area contributed by atoms with Crippen molar-refractivity contribution >= 4 is 35.1 Å². The minimum Gasteiger partial charge on any atom is -0.256 e. The van der Waals surface area contributed by atoms with E-state index in [1.165, 1.54) is 44.2 Å². The Morgan fingerprint density at radius 1 is 1.22 bits per heavy atom. The fourth-order valence-corrected chi connectivity index (χ4v) is 6.01. The van der Waals surface area contributed by atoms with Crippen molar-refractivity contribution in [2.24, 2.45) is 14.1 Å². The lowest BCUT2D eigenvalue weighted by molar-refractivity contribution is -0.651. The Morgan fingerprint density at radius 3 is 2.13 bits per heavy atom. The van der Waals surface area contributed by atoms with Gasteiger partial charge < -0.3 is 0 Å². The number of nitrogens with zero attached hydrogens (tertiary/aromatic N) is 2. The van der Waals surface area contributed by atoms with E-state index in [1.54, 1.807) is 0 Å². The second kappa shape index (κ2) is 6.33. The number of hydrogen-bond acceptors (Lipinski definition) is 0. The molecule has 0 unspecified atom stereocenters. The minimum absolute atomic E-state index is 0.651. The molecule has 0 aromatic carbocycles. The third kappa shape index (κ3) is 2.60. The predicted octanol–water partition coefficient (Wildman–Crippen LogP) is 4.59. The van der Waals surface area contributed by atoms with E-state index in [0.717, 1.165) is 17.2 Å². The summed E-state index contributed by atoms with van der Waals surface area (Å²) in [5.41, 5.74) is 2.43. The molecule has 2 aliphatic rings. The third-order valence-electron chi connectivity index (χ3n) is 6.45. The maximum absolute atomic E-state index is 6.48. The highest BCUT2D eigenvalue weighted by Crippen LogP contribution is 2.53. The maximum atomic E-state index is 6.48. The zero-order valence-corrected chi connectivity index (χ0v) is 16.0. The van der Waals surface area contributed by atoms with Crippen LogP contribution in [0.15, 0.2) is 24.2 Å². The van der Waals surface area contributed by atoms with Gasteiger partial charge in [0.2, 0.25) is 0 Å². The van der Waals surface area contributed by atoms with E-state index >= 15 is 0 Å². The van der Waals surface area contributed by atoms with Crippen molar-refractivity contribution in [1.29, 1.82) is 0 Å². The smallest absolute Gasteiger partial charge is 0.252 e. The van der Waals surface area contributed by atoms with Gasteiger partial charge in [-0.15, -0.1) is 6.08 Å². The Kier molecular flexibility index (Phi) is 4.72. The van der Waals surface area contributed by atoms with Crippen molar-refractivity contribution in [1.82, 2.24) is 4.57 Å². The van der Waals surface area contributed by atoms with Crippen LogP contribution in [-0.4, -0.2) is 10.7 Å². The average Bonchev–Trinajstić information content (AvgIpc) is 2.68. The number of fused-ring (bicyclic) bond motifs is 2. The van der Waals surface area contributed by atoms with E-state index < -0.39 is 6.15 Å². The van der Waals surface area contributed by atoms with Gasteiger partial charge in [-0.2, -0.15) is 11.6 Å². The maximum Gasteiger partial charge on any atom is 0.252 e. The molecule has 0 N–H and O–H groups in total. The molecule has 2 aliphatic heterocycles. The molecule has 2 nitrogen and oxygen atoms in total. The van der Waals surface area contributed by atoms with Crippen LogP contribution in [0, 0.1) is 0 Å². The van der Waals surface area contributed by atoms with E-state index in [-0.39, 0.29) is 0 Å². The molecule has 2 bridgehead atoms. The highest BCUT2D eigenvalue weighted by Gasteiger charge is 2.50. The van der Waals surface area contributed by atoms with Gasteiger partial charge in [-0.25, -0.2) is 5.98 Å². The molecule has 1 aromatic heterocycles. The average molecular weight is 353 g/mol. The standard InChI is InChI=1S/C18H27BCl2N2/c1-13(2)11-12-19(14-7-5-8-15(19)10-6-9-14)18-22(3)16(20)17(21)23(18)4/h11-12,14-15H,1,5-10H2,2-4H3/b12-11-. The molecule has 0 saturated carbocycles. The lowest BCUT2D eigenvalue weighted by Gasteiger charge is -2.55. The zero-order chi connectivity index (χ0) is 16.8. The van der Waals surface area contributed by atoms with Crippen LogP contribution in [0.4, 0.5) is 0 Å². The van der Waals surface area contributed by atoms with Crippen molar-refractivity contribution in [2.45, 2.75) is 57.1 Å². The summed E-state index contributed by atoms with van der Waals surface area (Å²) in [6.45, 7) is 6.16. The van der Waals surface area contributed by atoms with Crippen LogP contribution in [0.5, 0.6) is 0 Å². The quantitative estimate of drug-likeness (QED) is 0.427. The molecule has 2 saturated heterocycles. The first kappa shape index (κ1) is 17.2. The summed E-state index contributed by atoms with van der Waals surface area (Å²) in [7, 11) is 4.12. The summed E-state index contributed by atoms with van der Waals surface area (Å²) in [4.78, 5) is 0. The van der Waals surface area contributed by atoms with Crippen LogP contribution in [-0.2, 0) is 14.1 Å². The van der Waals surface area contributed by atoms with E-state index in [9.17, 15) is 0 Å². The van der Waals surface area contributed by atoms with E-state index in [1.807, 2.05) is 0 Å². The topological polar surface area (TPSA) is 8.81 Å². The first-order chi connectivity index (χ1) is 10.9. The minimum atomic E-state index is -0.820. The molecule has 0 atom stereocenters. The van der Waals surface area contributed by atoms with Crippen molar-refractivity contribution in [3.8, 4) is 0 Å². The van der Waals surface area contributed by atoms with E-state index in [4.69, 9.17) is 23.2 Å². The number of rotatable bonds is 3. The van der Waals surface area contributed by atoms with E-state index in [2.05, 4.69) is 48.8 Å². The molecule has 0 spiro atoms. The number of hydrogen-bond donors (Lipinski definition) is 0. The first-order valence-electron chi connectivity index (χ1n) is 8.81. The van der Waals surface area contributed by atoms with Crippen molar-refractivity contribution in [2.75, 3.05) is 0 Å². The van der Waals surface area contributed by atoms with Gasteiger partial charge in [0.15, 0.2) is 0 Å². The molecule has 2 fully saturated rings. The van der Waals surface area contributed by atoms with Crippen molar-refractivity contribution < 1.29 is 4.57 Å². The second-order valence-electron chi connectivity index (χ2n) is 7.72. The molecule has 23 heavy (non-hydrogen) atoms. The summed E-state index contributed by atoms with van der Waals surface area (Å²) < 4.78 is 4.26. The number of aromatic nitrogens is 2. The number of imidazole rings is 1. The van der Waals surface area contributed by atoms with Gasteiger partial charge in [-0.1, -0.05) is 50.7 Å². The molecule has 3 rings (SSSR count). The van der Waals surface area contributed by atoms with Crippen LogP contribution in [0.2, 0.25) is 21.9 Å². The lowest BCUT2D eigenvalue weighted by atomic mass is 9.08. The van der Waals surface area contributed by atoms with Gasteiger partial charge in [0, 0.05) is 0 Å². The summed E-state index contributed by atoms with van der Waals surface area (Å²) >= 11 is 13.0. The number of allylic oxidation sites excluding steroid dienone is 2. The second-order valence-corrected chi connectivity index (χ2v) is 8.44. The molecular weight excluding hydrogens is 326 g/mol. The fourth-order valence-electron chi connectivity index (χ4n) is 5.58. The van der Waals surface area contributed by atoms with Crippen LogP contribution in [0.3, 0.4) is 0 Å². The Labute approximate surface area is 150 Å². The van der Waals surface area contributed by atoms with Crippen molar-refractivity contribution in [3.63, 3.8) is 0 Å². The van der Waals surface area contributed by atoms with E-state index in [0.29, 0.717) is 10.3 Å². The Hall–Kier alpha value is -0.665. The third-order valence-corrected chi connectivity index (χ3v) is 7.41. The molecule has 3 heterocycles. The first-order valence-corrected chi connectivity index (χ1v) is 9.57. The molecule has 0 radical (unpaired) electrons. The molecule has 0 amide bonds. The fraction of sp³-hybridized carbons (Fsp3) is 0.611. The molecule has 5 heteroatoms. The summed E-state index contributed by atoms with van der Waals surface area (Å²) in [5.74, 6) is 3.94. The number of halogens is 2. The summed E-state index contributed by atoms with van der Waals surface area (Å²) in [5, 5.41) is 1.30. The Morgan fingerprint density at radius 2 is 1.74 bits per heavy atom. The normalized spacial score (nSPS) is 30.8. The molecular formula is C18H27BCl2N2. The van der Waals surface area contributed by atoms with Gasteiger partial charge in [-0.05, 0) is 30.1 Å². The summed E-state index contributed by atoms with van der Waals surface area (Å²) in [6.07, 6.45) is 9.39. The Bertz CT molecular complexity index is 615. The van der Waals surface area contributed by atoms with Gasteiger partial charge in [0.25, 0.3) is 10.3 Å².